The van der Waals surface area contributed by atoms with E-state index in [2.05, 4.69) is 10.2 Å². The summed E-state index contributed by atoms with van der Waals surface area (Å²) < 4.78 is 0. The van der Waals surface area contributed by atoms with Gasteiger partial charge in [-0.15, -0.1) is 0 Å². The number of carbonyl (C=O) groups excluding carboxylic acids is 1. The van der Waals surface area contributed by atoms with Crippen molar-refractivity contribution in [1.82, 2.24) is 10.2 Å². The highest BCUT2D eigenvalue weighted by Gasteiger charge is 2.26. The second-order valence-electron chi connectivity index (χ2n) is 4.14. The van der Waals surface area contributed by atoms with Crippen LogP contribution in [0.4, 0.5) is 0 Å². The van der Waals surface area contributed by atoms with E-state index in [9.17, 15) is 4.79 Å². The van der Waals surface area contributed by atoms with Crippen LogP contribution in [-0.2, 0) is 4.79 Å². The van der Waals surface area contributed by atoms with Gasteiger partial charge >= 0.3 is 0 Å². The number of piperazine rings is 1. The molecular formula is C12H16ClN3O. The van der Waals surface area contributed by atoms with E-state index in [-0.39, 0.29) is 11.9 Å². The number of halogens is 1. The Kier molecular flexibility index (Phi) is 3.99. The van der Waals surface area contributed by atoms with E-state index in [1.807, 2.05) is 12.1 Å². The summed E-state index contributed by atoms with van der Waals surface area (Å²) in [6, 6.07) is 6.94. The molecule has 3 N–H and O–H groups in total. The summed E-state index contributed by atoms with van der Waals surface area (Å²) in [7, 11) is 0. The van der Waals surface area contributed by atoms with Crippen LogP contribution in [0.1, 0.15) is 11.6 Å². The van der Waals surface area contributed by atoms with Crippen molar-refractivity contribution in [2.75, 3.05) is 26.2 Å². The van der Waals surface area contributed by atoms with Crippen LogP contribution in [0.5, 0.6) is 0 Å². The first-order chi connectivity index (χ1) is 8.18. The lowest BCUT2D eigenvalue weighted by Gasteiger charge is -2.33. The Morgan fingerprint density at radius 2 is 1.88 bits per heavy atom. The molecule has 0 aromatic heterocycles. The maximum atomic E-state index is 11.6. The van der Waals surface area contributed by atoms with E-state index in [1.165, 1.54) is 0 Å². The Balaban J connectivity index is 2.21. The van der Waals surface area contributed by atoms with Crippen molar-refractivity contribution in [3.63, 3.8) is 0 Å². The summed E-state index contributed by atoms with van der Waals surface area (Å²) in [5.74, 6) is -0.311. The molecule has 92 valence electrons. The summed E-state index contributed by atoms with van der Waals surface area (Å²) in [5, 5.41) is 3.92. The minimum atomic E-state index is -0.352. The number of nitrogens with one attached hydrogen (secondary N) is 1. The SMILES string of the molecule is NC(=O)C(c1ccc(Cl)cc1)N1CCNCC1. The molecular weight excluding hydrogens is 238 g/mol. The molecule has 1 heterocycles. The van der Waals surface area contributed by atoms with Crippen LogP contribution < -0.4 is 11.1 Å². The number of carbonyl (C=O) groups is 1. The second-order valence-corrected chi connectivity index (χ2v) is 4.58. The van der Waals surface area contributed by atoms with Gasteiger partial charge in [-0.3, -0.25) is 9.69 Å². The van der Waals surface area contributed by atoms with Crippen molar-refractivity contribution in [3.8, 4) is 0 Å². The van der Waals surface area contributed by atoms with Crippen molar-refractivity contribution in [2.45, 2.75) is 6.04 Å². The average molecular weight is 254 g/mol. The molecule has 2 rings (SSSR count). The van der Waals surface area contributed by atoms with Gasteiger partial charge in [0.2, 0.25) is 5.91 Å². The van der Waals surface area contributed by atoms with Gasteiger partial charge in [-0.1, -0.05) is 23.7 Å². The molecule has 1 unspecified atom stereocenters. The molecule has 1 aliphatic rings. The number of hydrogen-bond acceptors (Lipinski definition) is 3. The molecule has 0 bridgehead atoms. The van der Waals surface area contributed by atoms with E-state index in [1.54, 1.807) is 12.1 Å². The van der Waals surface area contributed by atoms with Gasteiger partial charge in [-0.25, -0.2) is 0 Å². The van der Waals surface area contributed by atoms with E-state index >= 15 is 0 Å². The minimum absolute atomic E-state index is 0.311. The number of rotatable bonds is 3. The molecule has 0 aliphatic carbocycles. The number of nitrogens with zero attached hydrogens (tertiary/aromatic N) is 1. The summed E-state index contributed by atoms with van der Waals surface area (Å²) in [6.07, 6.45) is 0. The lowest BCUT2D eigenvalue weighted by Crippen LogP contribution is -2.48. The van der Waals surface area contributed by atoms with Gasteiger partial charge in [0.1, 0.15) is 6.04 Å². The van der Waals surface area contributed by atoms with Crippen LogP contribution >= 0.6 is 11.6 Å². The highest BCUT2D eigenvalue weighted by molar-refractivity contribution is 6.30. The van der Waals surface area contributed by atoms with Gasteiger partial charge in [0.05, 0.1) is 0 Å². The van der Waals surface area contributed by atoms with Crippen LogP contribution in [-0.4, -0.2) is 37.0 Å². The fourth-order valence-corrected chi connectivity index (χ4v) is 2.27. The van der Waals surface area contributed by atoms with Gasteiger partial charge in [0, 0.05) is 31.2 Å². The predicted octanol–water partition coefficient (Wildman–Crippen LogP) is 0.772. The van der Waals surface area contributed by atoms with Crippen LogP contribution in [0.15, 0.2) is 24.3 Å². The number of hydrogen-bond donors (Lipinski definition) is 2. The summed E-state index contributed by atoms with van der Waals surface area (Å²) in [4.78, 5) is 13.7. The maximum absolute atomic E-state index is 11.6. The third-order valence-electron chi connectivity index (χ3n) is 2.97. The van der Waals surface area contributed by atoms with Gasteiger partial charge in [-0.05, 0) is 17.7 Å². The first-order valence-corrected chi connectivity index (χ1v) is 6.06. The van der Waals surface area contributed by atoms with E-state index in [4.69, 9.17) is 17.3 Å². The first kappa shape index (κ1) is 12.4. The Labute approximate surface area is 106 Å². The first-order valence-electron chi connectivity index (χ1n) is 5.68. The number of benzene rings is 1. The molecule has 5 heteroatoms. The van der Waals surface area contributed by atoms with Crippen molar-refractivity contribution >= 4 is 17.5 Å². The van der Waals surface area contributed by atoms with E-state index in [0.29, 0.717) is 5.02 Å². The number of nitrogens with two attached hydrogens (primary N) is 1. The molecule has 1 saturated heterocycles. The lowest BCUT2D eigenvalue weighted by atomic mass is 10.0. The zero-order chi connectivity index (χ0) is 12.3. The van der Waals surface area contributed by atoms with E-state index < -0.39 is 0 Å². The molecule has 1 aromatic carbocycles. The molecule has 4 nitrogen and oxygen atoms in total. The van der Waals surface area contributed by atoms with Crippen molar-refractivity contribution in [3.05, 3.63) is 34.9 Å². The molecule has 1 aliphatic heterocycles. The average Bonchev–Trinajstić information content (AvgIpc) is 2.33. The predicted molar refractivity (Wildman–Crippen MR) is 67.8 cm³/mol. The van der Waals surface area contributed by atoms with Crippen LogP contribution in [0.25, 0.3) is 0 Å². The molecule has 0 saturated carbocycles. The Morgan fingerprint density at radius 1 is 1.29 bits per heavy atom. The third-order valence-corrected chi connectivity index (χ3v) is 3.22. The van der Waals surface area contributed by atoms with Gasteiger partial charge in [0.15, 0.2) is 0 Å². The van der Waals surface area contributed by atoms with E-state index in [0.717, 1.165) is 31.7 Å². The lowest BCUT2D eigenvalue weighted by molar-refractivity contribution is -0.123. The van der Waals surface area contributed by atoms with Crippen LogP contribution in [0, 0.1) is 0 Å². The normalized spacial score (nSPS) is 18.9. The van der Waals surface area contributed by atoms with Gasteiger partial charge < -0.3 is 11.1 Å². The Bertz CT molecular complexity index is 387. The highest BCUT2D eigenvalue weighted by Crippen LogP contribution is 2.22. The molecule has 1 aromatic rings. The third kappa shape index (κ3) is 2.97. The summed E-state index contributed by atoms with van der Waals surface area (Å²) in [5.41, 5.74) is 6.41. The van der Waals surface area contributed by atoms with Crippen LogP contribution in [0.2, 0.25) is 5.02 Å². The Morgan fingerprint density at radius 3 is 2.41 bits per heavy atom. The molecule has 17 heavy (non-hydrogen) atoms. The highest BCUT2D eigenvalue weighted by atomic mass is 35.5. The Hall–Kier alpha value is -1.10. The molecule has 0 radical (unpaired) electrons. The molecule has 1 fully saturated rings. The summed E-state index contributed by atoms with van der Waals surface area (Å²) >= 11 is 5.84. The van der Waals surface area contributed by atoms with Crippen LogP contribution in [0.3, 0.4) is 0 Å². The largest absolute Gasteiger partial charge is 0.368 e. The number of primary amides is 1. The standard InChI is InChI=1S/C12H16ClN3O/c13-10-3-1-9(2-4-10)11(12(14)17)16-7-5-15-6-8-16/h1-4,11,15H,5-8H2,(H2,14,17). The zero-order valence-electron chi connectivity index (χ0n) is 9.53. The maximum Gasteiger partial charge on any atom is 0.239 e. The molecule has 1 atom stereocenters. The smallest absolute Gasteiger partial charge is 0.239 e. The second kappa shape index (κ2) is 5.49. The molecule has 1 amide bonds. The van der Waals surface area contributed by atoms with Crippen molar-refractivity contribution in [1.29, 1.82) is 0 Å². The molecule has 0 spiro atoms. The van der Waals surface area contributed by atoms with Gasteiger partial charge in [0.25, 0.3) is 0 Å². The van der Waals surface area contributed by atoms with Gasteiger partial charge in [-0.2, -0.15) is 0 Å². The minimum Gasteiger partial charge on any atom is -0.368 e. The quantitative estimate of drug-likeness (QED) is 0.837. The topological polar surface area (TPSA) is 58.4 Å². The van der Waals surface area contributed by atoms with Crippen molar-refractivity contribution in [2.24, 2.45) is 5.73 Å². The van der Waals surface area contributed by atoms with Crippen molar-refractivity contribution < 1.29 is 4.79 Å². The fraction of sp³-hybridized carbons (Fsp3) is 0.417. The zero-order valence-corrected chi connectivity index (χ0v) is 10.3. The fourth-order valence-electron chi connectivity index (χ4n) is 2.14. The summed E-state index contributed by atoms with van der Waals surface area (Å²) in [6.45, 7) is 3.43. The monoisotopic (exact) mass is 253 g/mol. The number of amides is 1.